The second-order valence-corrected chi connectivity index (χ2v) is 21.7. The molecule has 4 aliphatic carbocycles. The molecule has 422 valence electrons. The number of nitrogens with zero attached hydrogens (tertiary/aromatic N) is 1. The number of carboxylic acids is 1. The molecule has 2 aliphatic heterocycles. The normalized spacial score (nSPS) is 27.6. The van der Waals surface area contributed by atoms with Crippen LogP contribution in [0.4, 0.5) is 16.2 Å². The lowest BCUT2D eigenvalue weighted by Gasteiger charge is -2.59. The zero-order valence-electron chi connectivity index (χ0n) is 44.1. The summed E-state index contributed by atoms with van der Waals surface area (Å²) >= 11 is 0. The standard InChI is InChI=1S/C58H63N5O17/c1-56-23-22-39(65)26-36(56)12-15-40-41-27-45-58(44(67)30-64,57(41,2)28-43(66)52(40)56)79-54(78-45)35-10-6-32(7-11-35)24-34-4-3-5-38(25-34)61-55(76)77-31-33-8-13-37(14-9-33)60-53(75)42(16-20-50(72)73)62-47(69)29-59-46(68)17-21-51(74)80-63-48(70)18-19-49(63)71/h3-11,13-14,22-23,25-26,40-43,45,52,54,64,66H,12,15-21,24,27-31H2,1-2H3,(H,59,68)(H,60,75)(H,61,76)(H,62,69)(H,72,73)/t40-,41-,42-,43-,45+,52+,54?,56-,57-,58+/m0/s1. The highest BCUT2D eigenvalue weighted by molar-refractivity contribution is 6.02. The number of rotatable bonds is 20. The van der Waals surface area contributed by atoms with Crippen molar-refractivity contribution in [3.05, 3.63) is 119 Å². The van der Waals surface area contributed by atoms with E-state index in [0.717, 1.165) is 23.1 Å². The van der Waals surface area contributed by atoms with Gasteiger partial charge in [-0.1, -0.05) is 74.0 Å². The van der Waals surface area contributed by atoms with E-state index in [-0.39, 0.29) is 61.5 Å². The number of carboxylic acid groups (broad SMARTS) is 1. The maximum atomic E-state index is 14.0. The summed E-state index contributed by atoms with van der Waals surface area (Å²) in [6.07, 6.45) is 3.08. The summed E-state index contributed by atoms with van der Waals surface area (Å²) in [5.74, 6) is -6.56. The molecule has 3 saturated carbocycles. The van der Waals surface area contributed by atoms with E-state index in [1.54, 1.807) is 36.4 Å². The highest BCUT2D eigenvalue weighted by atomic mass is 16.7. The van der Waals surface area contributed by atoms with Crippen LogP contribution < -0.4 is 21.3 Å². The number of carbonyl (C=O) groups is 10. The Hall–Kier alpha value is -7.92. The molecule has 9 rings (SSSR count). The summed E-state index contributed by atoms with van der Waals surface area (Å²) in [6.45, 7) is 2.61. The fourth-order valence-corrected chi connectivity index (χ4v) is 12.9. The van der Waals surface area contributed by atoms with E-state index >= 15 is 0 Å². The molecule has 1 unspecified atom stereocenters. The number of benzene rings is 3. The lowest BCUT2D eigenvalue weighted by molar-refractivity contribution is -0.201. The van der Waals surface area contributed by atoms with Crippen molar-refractivity contribution >= 4 is 70.5 Å². The molecule has 6 amide bonds. The van der Waals surface area contributed by atoms with Gasteiger partial charge in [0.2, 0.25) is 17.7 Å². The topological polar surface area (TPSA) is 320 Å². The quantitative estimate of drug-likeness (QED) is 0.0770. The molecule has 10 atom stereocenters. The molecule has 22 nitrogen and oxygen atoms in total. The van der Waals surface area contributed by atoms with Gasteiger partial charge in [0, 0.05) is 59.4 Å². The number of amides is 6. The van der Waals surface area contributed by atoms with Gasteiger partial charge in [-0.2, -0.15) is 0 Å². The summed E-state index contributed by atoms with van der Waals surface area (Å²) < 4.78 is 18.9. The fraction of sp³-hybridized carbons (Fsp3) is 0.448. The Balaban J connectivity index is 0.732. The highest BCUT2D eigenvalue weighted by Crippen LogP contribution is 2.70. The van der Waals surface area contributed by atoms with Crippen molar-refractivity contribution in [2.45, 2.75) is 121 Å². The average molecular weight is 1100 g/mol. The minimum atomic E-state index is -1.47. The highest BCUT2D eigenvalue weighted by Gasteiger charge is 2.76. The van der Waals surface area contributed by atoms with Crippen LogP contribution in [0.3, 0.4) is 0 Å². The van der Waals surface area contributed by atoms with Crippen molar-refractivity contribution in [3.63, 3.8) is 0 Å². The van der Waals surface area contributed by atoms with Crippen molar-refractivity contribution in [1.82, 2.24) is 15.7 Å². The fourth-order valence-electron chi connectivity index (χ4n) is 12.9. The Bertz CT molecular complexity index is 3030. The number of aliphatic hydroxyl groups excluding tert-OH is 2. The number of hydrogen-bond donors (Lipinski definition) is 7. The predicted molar refractivity (Wildman–Crippen MR) is 280 cm³/mol. The number of carbonyl (C=O) groups excluding carboxylic acids is 9. The van der Waals surface area contributed by atoms with Crippen LogP contribution in [-0.2, 0) is 75.2 Å². The molecule has 6 aliphatic rings. The van der Waals surface area contributed by atoms with Crippen LogP contribution in [0, 0.1) is 28.6 Å². The third-order valence-electron chi connectivity index (χ3n) is 16.7. The predicted octanol–water partition coefficient (Wildman–Crippen LogP) is 4.42. The third kappa shape index (κ3) is 11.7. The Morgan fingerprint density at radius 2 is 1.56 bits per heavy atom. The minimum absolute atomic E-state index is 0.0303. The summed E-state index contributed by atoms with van der Waals surface area (Å²) in [5.41, 5.74) is 2.09. The van der Waals surface area contributed by atoms with Crippen LogP contribution in [0.25, 0.3) is 0 Å². The molecule has 0 spiro atoms. The van der Waals surface area contributed by atoms with Crippen LogP contribution in [0.15, 0.2) is 96.6 Å². The number of aliphatic carboxylic acids is 1. The van der Waals surface area contributed by atoms with Crippen molar-refractivity contribution in [3.8, 4) is 0 Å². The largest absolute Gasteiger partial charge is 0.481 e. The molecule has 0 bridgehead atoms. The van der Waals surface area contributed by atoms with Crippen molar-refractivity contribution < 1.29 is 82.3 Å². The van der Waals surface area contributed by atoms with Gasteiger partial charge in [0.1, 0.15) is 19.3 Å². The first kappa shape index (κ1) is 56.8. The Labute approximate surface area is 459 Å². The van der Waals surface area contributed by atoms with Gasteiger partial charge in [0.05, 0.1) is 25.2 Å². The molecule has 0 radical (unpaired) electrons. The lowest BCUT2D eigenvalue weighted by Crippen LogP contribution is -2.63. The molecule has 2 heterocycles. The second kappa shape index (κ2) is 23.4. The van der Waals surface area contributed by atoms with Gasteiger partial charge in [-0.25, -0.2) is 9.59 Å². The smallest absolute Gasteiger partial charge is 0.411 e. The number of nitrogens with one attached hydrogen (secondary N) is 4. The molecule has 3 aromatic carbocycles. The Morgan fingerprint density at radius 1 is 0.838 bits per heavy atom. The molecule has 0 aromatic heterocycles. The molecule has 22 heteroatoms. The van der Waals surface area contributed by atoms with Gasteiger partial charge in [0.15, 0.2) is 23.5 Å². The van der Waals surface area contributed by atoms with Crippen LogP contribution in [-0.4, -0.2) is 117 Å². The van der Waals surface area contributed by atoms with Crippen LogP contribution in [0.5, 0.6) is 0 Å². The van der Waals surface area contributed by atoms with E-state index < -0.39 is 127 Å². The summed E-state index contributed by atoms with van der Waals surface area (Å²) in [6, 6.07) is 19.7. The van der Waals surface area contributed by atoms with Gasteiger partial charge in [0.25, 0.3) is 11.8 Å². The van der Waals surface area contributed by atoms with Gasteiger partial charge in [-0.05, 0) is 103 Å². The number of fused-ring (bicyclic) bond motifs is 7. The first-order valence-corrected chi connectivity index (χ1v) is 26.6. The van der Waals surface area contributed by atoms with Crippen molar-refractivity contribution in [1.29, 1.82) is 0 Å². The molecular formula is C58H63N5O17. The van der Waals surface area contributed by atoms with Crippen LogP contribution in [0.1, 0.15) is 107 Å². The number of ether oxygens (including phenoxy) is 3. The van der Waals surface area contributed by atoms with E-state index in [0.29, 0.717) is 41.1 Å². The number of Topliss-reactive ketones (excluding diaryl/α,β-unsaturated/α-hetero) is 1. The number of ketones is 2. The molecule has 3 aromatic rings. The SMILES string of the molecule is C[C@]12C=CC(=O)C=C1CC[C@@H]1[C@@H]2[C@@H](O)C[C@@]2(C)[C@H]1C[C@H]1OC(c3ccc(Cc4cccc(NC(=O)OCc5ccc(NC(=O)[C@H](CCC(=O)O)NC(=O)CNC(=O)CCC(=O)ON6C(=O)CCC6=O)cc5)c4)cc3)O[C@]12C(=O)CO. The Kier molecular flexibility index (Phi) is 16.6. The zero-order chi connectivity index (χ0) is 57.1. The van der Waals surface area contributed by atoms with E-state index in [9.17, 15) is 63.3 Å². The maximum Gasteiger partial charge on any atom is 0.411 e. The van der Waals surface area contributed by atoms with Crippen LogP contribution >= 0.6 is 0 Å². The summed E-state index contributed by atoms with van der Waals surface area (Å²) in [7, 11) is 0. The number of hydrogen-bond acceptors (Lipinski definition) is 16. The van der Waals surface area contributed by atoms with E-state index in [1.807, 2.05) is 49.4 Å². The van der Waals surface area contributed by atoms with E-state index in [1.165, 1.54) is 12.1 Å². The Morgan fingerprint density at radius 3 is 2.27 bits per heavy atom. The zero-order valence-corrected chi connectivity index (χ0v) is 44.1. The number of hydroxylamine groups is 2. The minimum Gasteiger partial charge on any atom is -0.481 e. The van der Waals surface area contributed by atoms with Crippen molar-refractivity contribution in [2.75, 3.05) is 23.8 Å². The van der Waals surface area contributed by atoms with Gasteiger partial charge < -0.3 is 50.3 Å². The first-order chi connectivity index (χ1) is 38.2. The molecule has 2 saturated heterocycles. The van der Waals surface area contributed by atoms with E-state index in [4.69, 9.17) is 19.0 Å². The number of anilines is 2. The van der Waals surface area contributed by atoms with Gasteiger partial charge in [-0.15, -0.1) is 5.06 Å². The number of allylic oxidation sites excluding steroid dienone is 4. The van der Waals surface area contributed by atoms with Gasteiger partial charge in [-0.3, -0.25) is 43.7 Å². The molecular weight excluding hydrogens is 1040 g/mol. The number of imide groups is 1. The van der Waals surface area contributed by atoms with Gasteiger partial charge >= 0.3 is 18.0 Å². The molecule has 5 fully saturated rings. The molecule has 7 N–H and O–H groups in total. The summed E-state index contributed by atoms with van der Waals surface area (Å²) in [4.78, 5) is 129. The lowest BCUT2D eigenvalue weighted by atomic mass is 9.46. The van der Waals surface area contributed by atoms with E-state index in [2.05, 4.69) is 28.2 Å². The monoisotopic (exact) mass is 1100 g/mol. The number of aliphatic hydroxyl groups is 2. The maximum absolute atomic E-state index is 14.0. The first-order valence-electron chi connectivity index (χ1n) is 26.6. The summed E-state index contributed by atoms with van der Waals surface area (Å²) in [5, 5.41) is 42.0. The molecule has 80 heavy (non-hydrogen) atoms. The third-order valence-corrected chi connectivity index (χ3v) is 16.7. The average Bonchev–Trinajstić information content (AvgIpc) is 4.22. The van der Waals surface area contributed by atoms with Crippen LogP contribution in [0.2, 0.25) is 0 Å². The second-order valence-electron chi connectivity index (χ2n) is 21.7. The van der Waals surface area contributed by atoms with Crippen molar-refractivity contribution in [2.24, 2.45) is 28.6 Å².